The van der Waals surface area contributed by atoms with Gasteiger partial charge in [-0.05, 0) is 12.7 Å². The van der Waals surface area contributed by atoms with Gasteiger partial charge in [-0.25, -0.2) is 0 Å². The quantitative estimate of drug-likeness (QED) is 0.694. The molecule has 1 unspecified atom stereocenters. The fourth-order valence-corrected chi connectivity index (χ4v) is 4.36. The Morgan fingerprint density at radius 2 is 2.18 bits per heavy atom. The summed E-state index contributed by atoms with van der Waals surface area (Å²) < 4.78 is 1.54. The van der Waals surface area contributed by atoms with Crippen LogP contribution in [0.3, 0.4) is 0 Å². The minimum Gasteiger partial charge on any atom is -0.155 e. The Hall–Kier alpha value is 0.790. The maximum absolute atomic E-state index is 2.40. The molecule has 0 radical (unpaired) electrons. The first kappa shape index (κ1) is 9.87. The van der Waals surface area contributed by atoms with E-state index in [0.29, 0.717) is 5.25 Å². The van der Waals surface area contributed by atoms with E-state index in [9.17, 15) is 0 Å². The van der Waals surface area contributed by atoms with Crippen LogP contribution < -0.4 is 0 Å². The van der Waals surface area contributed by atoms with Crippen LogP contribution in [0.5, 0.6) is 0 Å². The van der Waals surface area contributed by atoms with Crippen LogP contribution in [-0.4, -0.2) is 22.5 Å². The van der Waals surface area contributed by atoms with E-state index in [1.54, 1.807) is 4.24 Å². The molecule has 0 nitrogen and oxygen atoms in total. The van der Waals surface area contributed by atoms with Gasteiger partial charge in [0.05, 0.1) is 0 Å². The van der Waals surface area contributed by atoms with Gasteiger partial charge in [0.15, 0.2) is 0 Å². The van der Waals surface area contributed by atoms with Gasteiger partial charge in [0.1, 0.15) is 0 Å². The van der Waals surface area contributed by atoms with E-state index in [0.717, 1.165) is 0 Å². The Morgan fingerprint density at radius 1 is 1.55 bits per heavy atom. The van der Waals surface area contributed by atoms with Crippen molar-refractivity contribution in [3.8, 4) is 0 Å². The molecule has 0 N–H and O–H groups in total. The van der Waals surface area contributed by atoms with Crippen LogP contribution in [-0.2, 0) is 0 Å². The van der Waals surface area contributed by atoms with Crippen LogP contribution >= 0.6 is 35.3 Å². The first-order valence-corrected chi connectivity index (χ1v) is 6.94. The summed E-state index contributed by atoms with van der Waals surface area (Å²) in [7, 11) is 0. The molecule has 1 fully saturated rings. The van der Waals surface area contributed by atoms with Crippen molar-refractivity contribution in [3.05, 3.63) is 10.3 Å². The molecule has 0 aromatic heterocycles. The van der Waals surface area contributed by atoms with Gasteiger partial charge < -0.3 is 0 Å². The minimum atomic E-state index is 0.702. The van der Waals surface area contributed by atoms with E-state index < -0.39 is 0 Å². The molecule has 0 aliphatic carbocycles. The molecule has 3 heteroatoms. The second-order valence-corrected chi connectivity index (χ2v) is 6.53. The lowest BCUT2D eigenvalue weighted by atomic mass is 10.5. The molecule has 1 rings (SSSR count). The van der Waals surface area contributed by atoms with E-state index in [2.05, 4.69) is 19.9 Å². The van der Waals surface area contributed by atoms with Crippen molar-refractivity contribution in [1.29, 1.82) is 0 Å². The van der Waals surface area contributed by atoms with Crippen molar-refractivity contribution < 1.29 is 0 Å². The first-order chi connectivity index (χ1) is 5.33. The van der Waals surface area contributed by atoms with Gasteiger partial charge in [-0.15, -0.1) is 23.5 Å². The molecule has 1 heterocycles. The molecule has 1 saturated heterocycles. The van der Waals surface area contributed by atoms with Crippen molar-refractivity contribution in [2.45, 2.75) is 19.1 Å². The lowest BCUT2D eigenvalue weighted by Gasteiger charge is -2.03. The fourth-order valence-electron chi connectivity index (χ4n) is 0.925. The number of thioether (sulfide) groups is 3. The van der Waals surface area contributed by atoms with Crippen molar-refractivity contribution >= 4 is 35.3 Å². The van der Waals surface area contributed by atoms with Gasteiger partial charge in [-0.1, -0.05) is 13.0 Å². The highest BCUT2D eigenvalue weighted by Crippen LogP contribution is 2.37. The van der Waals surface area contributed by atoms with Crippen LogP contribution in [0.25, 0.3) is 0 Å². The Balaban J connectivity index is 2.30. The van der Waals surface area contributed by atoms with Gasteiger partial charge in [-0.3, -0.25) is 0 Å². The predicted octanol–water partition coefficient (Wildman–Crippen LogP) is 3.45. The molecule has 0 aromatic carbocycles. The van der Waals surface area contributed by atoms with Crippen LogP contribution in [0.15, 0.2) is 10.3 Å². The third-order valence-corrected chi connectivity index (χ3v) is 4.99. The zero-order valence-electron chi connectivity index (χ0n) is 7.00. The van der Waals surface area contributed by atoms with Gasteiger partial charge in [0, 0.05) is 21.0 Å². The van der Waals surface area contributed by atoms with Crippen molar-refractivity contribution in [2.75, 3.05) is 17.3 Å². The topological polar surface area (TPSA) is 0 Å². The summed E-state index contributed by atoms with van der Waals surface area (Å²) in [4.78, 5) is 0. The smallest absolute Gasteiger partial charge is 0.0372 e. The lowest BCUT2D eigenvalue weighted by Crippen LogP contribution is -1.90. The van der Waals surface area contributed by atoms with Crippen LogP contribution in [0.4, 0.5) is 0 Å². The van der Waals surface area contributed by atoms with Gasteiger partial charge >= 0.3 is 0 Å². The monoisotopic (exact) mass is 206 g/mol. The standard InChI is InChI=1S/C8H14S3/c1-3-9-7(2)6-8-10-4-5-11-8/h6-7H,3-5H2,1-2H3. The lowest BCUT2D eigenvalue weighted by molar-refractivity contribution is 1.24. The van der Waals surface area contributed by atoms with E-state index in [1.807, 2.05) is 35.3 Å². The maximum atomic E-state index is 2.40. The van der Waals surface area contributed by atoms with Crippen LogP contribution in [0.2, 0.25) is 0 Å². The summed E-state index contributed by atoms with van der Waals surface area (Å²) in [5.41, 5.74) is 0. The maximum Gasteiger partial charge on any atom is 0.0372 e. The van der Waals surface area contributed by atoms with Crippen molar-refractivity contribution in [2.24, 2.45) is 0 Å². The number of hydrogen-bond acceptors (Lipinski definition) is 3. The molecule has 0 saturated carbocycles. The summed E-state index contributed by atoms with van der Waals surface area (Å²) in [5, 5.41) is 0.702. The fraction of sp³-hybridized carbons (Fsp3) is 0.750. The van der Waals surface area contributed by atoms with Crippen molar-refractivity contribution in [1.82, 2.24) is 0 Å². The summed E-state index contributed by atoms with van der Waals surface area (Å²) in [6.45, 7) is 4.50. The minimum absolute atomic E-state index is 0.702. The highest BCUT2D eigenvalue weighted by molar-refractivity contribution is 8.25. The summed E-state index contributed by atoms with van der Waals surface area (Å²) in [6, 6.07) is 0. The molecule has 11 heavy (non-hydrogen) atoms. The molecule has 64 valence electrons. The summed E-state index contributed by atoms with van der Waals surface area (Å²) >= 11 is 6.03. The molecule has 0 amide bonds. The van der Waals surface area contributed by atoms with E-state index >= 15 is 0 Å². The Morgan fingerprint density at radius 3 is 2.73 bits per heavy atom. The highest BCUT2D eigenvalue weighted by Gasteiger charge is 2.08. The summed E-state index contributed by atoms with van der Waals surface area (Å²) in [6.07, 6.45) is 2.40. The summed E-state index contributed by atoms with van der Waals surface area (Å²) in [5.74, 6) is 3.83. The Kier molecular flexibility index (Phi) is 4.88. The number of hydrogen-bond donors (Lipinski definition) is 0. The average Bonchev–Trinajstić information content (AvgIpc) is 2.40. The van der Waals surface area contributed by atoms with Gasteiger partial charge in [-0.2, -0.15) is 11.8 Å². The van der Waals surface area contributed by atoms with Crippen LogP contribution in [0, 0.1) is 0 Å². The zero-order valence-corrected chi connectivity index (χ0v) is 9.45. The van der Waals surface area contributed by atoms with Gasteiger partial charge in [0.25, 0.3) is 0 Å². The predicted molar refractivity (Wildman–Crippen MR) is 60.6 cm³/mol. The van der Waals surface area contributed by atoms with Gasteiger partial charge in [0.2, 0.25) is 0 Å². The molecule has 1 aliphatic heterocycles. The van der Waals surface area contributed by atoms with Crippen molar-refractivity contribution in [3.63, 3.8) is 0 Å². The second kappa shape index (κ2) is 5.44. The molecule has 0 bridgehead atoms. The molecule has 0 aromatic rings. The zero-order chi connectivity index (χ0) is 8.10. The van der Waals surface area contributed by atoms with E-state index in [1.165, 1.54) is 17.3 Å². The van der Waals surface area contributed by atoms with E-state index in [-0.39, 0.29) is 0 Å². The molecule has 0 spiro atoms. The largest absolute Gasteiger partial charge is 0.155 e. The molecular formula is C8H14S3. The number of rotatable bonds is 3. The van der Waals surface area contributed by atoms with Crippen LogP contribution in [0.1, 0.15) is 13.8 Å². The highest BCUT2D eigenvalue weighted by atomic mass is 32.2. The van der Waals surface area contributed by atoms with E-state index in [4.69, 9.17) is 0 Å². The molecular weight excluding hydrogens is 192 g/mol. The Labute approximate surface area is 82.0 Å². The third kappa shape index (κ3) is 3.81. The third-order valence-electron chi connectivity index (χ3n) is 1.37. The SMILES string of the molecule is CCSC(C)C=C1SCCS1. The average molecular weight is 206 g/mol. The normalized spacial score (nSPS) is 20.4. The second-order valence-electron chi connectivity index (χ2n) is 2.34. The first-order valence-electron chi connectivity index (χ1n) is 3.92. The molecule has 1 aliphatic rings. The Bertz CT molecular complexity index is 134. The molecule has 1 atom stereocenters.